The predicted molar refractivity (Wildman–Crippen MR) is 123 cm³/mol. The second-order valence-corrected chi connectivity index (χ2v) is 8.53. The second-order valence-electron chi connectivity index (χ2n) is 8.53. The Morgan fingerprint density at radius 1 is 1.06 bits per heavy atom. The number of para-hydroxylation sites is 1. The van der Waals surface area contributed by atoms with Crippen molar-refractivity contribution in [2.45, 2.75) is 18.8 Å². The van der Waals surface area contributed by atoms with Gasteiger partial charge in [-0.1, -0.05) is 18.2 Å². The first-order valence-electron chi connectivity index (χ1n) is 11.1. The number of piperidine rings is 1. The van der Waals surface area contributed by atoms with E-state index in [1.54, 1.807) is 6.20 Å². The number of halogens is 1. The maximum absolute atomic E-state index is 14.6. The van der Waals surface area contributed by atoms with E-state index >= 15 is 0 Å². The highest BCUT2D eigenvalue weighted by molar-refractivity contribution is 5.82. The lowest BCUT2D eigenvalue weighted by Crippen LogP contribution is -2.32. The van der Waals surface area contributed by atoms with Gasteiger partial charge >= 0.3 is 0 Å². The van der Waals surface area contributed by atoms with Crippen molar-refractivity contribution in [3.63, 3.8) is 0 Å². The van der Waals surface area contributed by atoms with Crippen molar-refractivity contribution in [1.82, 2.24) is 25.5 Å². The van der Waals surface area contributed by atoms with Crippen LogP contribution < -0.4 is 15.5 Å². The zero-order valence-corrected chi connectivity index (χ0v) is 17.6. The molecule has 2 aromatic heterocycles. The van der Waals surface area contributed by atoms with Crippen molar-refractivity contribution in [1.29, 1.82) is 0 Å². The van der Waals surface area contributed by atoms with Crippen molar-refractivity contribution in [3.8, 4) is 0 Å². The molecule has 2 aliphatic rings. The molecule has 1 unspecified atom stereocenters. The molecule has 0 amide bonds. The van der Waals surface area contributed by atoms with Gasteiger partial charge in [-0.05, 0) is 61.7 Å². The Labute approximate surface area is 185 Å². The number of H-pyrrole nitrogens is 1. The van der Waals surface area contributed by atoms with E-state index in [-0.39, 0.29) is 5.82 Å². The molecule has 6 rings (SSSR count). The average molecular weight is 430 g/mol. The van der Waals surface area contributed by atoms with Crippen LogP contribution in [-0.2, 0) is 0 Å². The first-order chi connectivity index (χ1) is 15.8. The number of hydrogen-bond acceptors (Lipinski definition) is 6. The summed E-state index contributed by atoms with van der Waals surface area (Å²) in [6.07, 6.45) is 5.33. The van der Waals surface area contributed by atoms with Crippen LogP contribution in [0.4, 0.5) is 27.5 Å². The zero-order valence-electron chi connectivity index (χ0n) is 17.6. The molecule has 0 radical (unpaired) electrons. The molecule has 2 aromatic carbocycles. The maximum atomic E-state index is 14.6. The lowest BCUT2D eigenvalue weighted by molar-refractivity contribution is 0.327. The fourth-order valence-corrected chi connectivity index (χ4v) is 5.01. The largest absolute Gasteiger partial charge is 0.338 e. The molecule has 0 aliphatic carbocycles. The highest BCUT2D eigenvalue weighted by atomic mass is 19.1. The van der Waals surface area contributed by atoms with Gasteiger partial charge in [-0.25, -0.2) is 9.37 Å². The minimum atomic E-state index is -0.483. The lowest BCUT2D eigenvalue weighted by atomic mass is 9.82. The van der Waals surface area contributed by atoms with E-state index in [9.17, 15) is 4.39 Å². The van der Waals surface area contributed by atoms with E-state index in [1.807, 2.05) is 24.3 Å². The van der Waals surface area contributed by atoms with Gasteiger partial charge in [0.15, 0.2) is 11.6 Å². The highest BCUT2D eigenvalue weighted by Gasteiger charge is 2.36. The Balaban J connectivity index is 1.32. The minimum absolute atomic E-state index is 0.167. The smallest absolute Gasteiger partial charge is 0.232 e. The predicted octanol–water partition coefficient (Wildman–Crippen LogP) is 4.47. The van der Waals surface area contributed by atoms with Gasteiger partial charge in [-0.3, -0.25) is 5.10 Å². The van der Waals surface area contributed by atoms with Crippen LogP contribution in [-0.4, -0.2) is 39.8 Å². The number of aromatic nitrogens is 4. The van der Waals surface area contributed by atoms with Gasteiger partial charge in [0.05, 0.1) is 17.9 Å². The molecule has 0 spiro atoms. The van der Waals surface area contributed by atoms with Gasteiger partial charge in [0.1, 0.15) is 0 Å². The monoisotopic (exact) mass is 429 g/mol. The number of rotatable bonds is 4. The number of benzene rings is 2. The molecule has 1 saturated heterocycles. The summed E-state index contributed by atoms with van der Waals surface area (Å²) < 4.78 is 14.6. The third kappa shape index (κ3) is 3.36. The molecule has 1 atom stereocenters. The van der Waals surface area contributed by atoms with Gasteiger partial charge in [0.2, 0.25) is 5.95 Å². The summed E-state index contributed by atoms with van der Waals surface area (Å²) in [4.78, 5) is 11.1. The first kappa shape index (κ1) is 19.2. The molecular formula is C24H24FN7. The number of aromatic amines is 1. The molecule has 3 N–H and O–H groups in total. The van der Waals surface area contributed by atoms with Gasteiger partial charge in [-0.2, -0.15) is 10.1 Å². The Morgan fingerprint density at radius 2 is 1.94 bits per heavy atom. The Bertz CT molecular complexity index is 1260. The summed E-state index contributed by atoms with van der Waals surface area (Å²) in [5, 5.41) is 14.5. The van der Waals surface area contributed by atoms with Crippen molar-refractivity contribution >= 4 is 34.0 Å². The van der Waals surface area contributed by atoms with Crippen LogP contribution in [0, 0.1) is 11.7 Å². The molecule has 32 heavy (non-hydrogen) atoms. The van der Waals surface area contributed by atoms with E-state index in [1.165, 1.54) is 24.6 Å². The van der Waals surface area contributed by atoms with Crippen molar-refractivity contribution in [3.05, 3.63) is 66.2 Å². The van der Waals surface area contributed by atoms with Crippen LogP contribution in [0.3, 0.4) is 0 Å². The van der Waals surface area contributed by atoms with Gasteiger partial charge in [0.25, 0.3) is 0 Å². The van der Waals surface area contributed by atoms with Crippen LogP contribution in [0.15, 0.2) is 54.9 Å². The van der Waals surface area contributed by atoms with Crippen LogP contribution in [0.1, 0.15) is 24.3 Å². The van der Waals surface area contributed by atoms with Crippen LogP contribution >= 0.6 is 0 Å². The molecule has 1 fully saturated rings. The van der Waals surface area contributed by atoms with Gasteiger partial charge < -0.3 is 15.5 Å². The van der Waals surface area contributed by atoms with E-state index in [2.05, 4.69) is 53.9 Å². The third-order valence-electron chi connectivity index (χ3n) is 6.63. The topological polar surface area (TPSA) is 81.8 Å². The van der Waals surface area contributed by atoms with E-state index in [4.69, 9.17) is 0 Å². The lowest BCUT2D eigenvalue weighted by Gasteiger charge is -2.28. The standard InChI is InChI=1S/C24H24FN7/c25-20-13-27-24(30-23(20)29-17-5-6-21-16(11-17)12-28-31-21)32-14-19(15-7-9-26-10-8-15)18-3-1-2-4-22(18)32/h1-6,11-13,15,19,26H,7-10,14H2,(H,28,31)(H,27,29,30). The molecule has 4 heterocycles. The summed E-state index contributed by atoms with van der Waals surface area (Å²) in [5.74, 6) is 1.26. The second kappa shape index (κ2) is 7.87. The summed E-state index contributed by atoms with van der Waals surface area (Å²) >= 11 is 0. The number of fused-ring (bicyclic) bond motifs is 2. The average Bonchev–Trinajstić information content (AvgIpc) is 3.46. The Hall–Kier alpha value is -3.52. The van der Waals surface area contributed by atoms with E-state index < -0.39 is 5.82 Å². The molecule has 2 aliphatic heterocycles. The number of hydrogen-bond donors (Lipinski definition) is 3. The van der Waals surface area contributed by atoms with E-state index in [0.717, 1.165) is 41.9 Å². The van der Waals surface area contributed by atoms with Gasteiger partial charge in [-0.15, -0.1) is 0 Å². The number of anilines is 4. The number of nitrogens with one attached hydrogen (secondary N) is 3. The third-order valence-corrected chi connectivity index (χ3v) is 6.63. The normalized spacial score (nSPS) is 18.8. The van der Waals surface area contributed by atoms with Crippen LogP contribution in [0.2, 0.25) is 0 Å². The molecule has 7 nitrogen and oxygen atoms in total. The molecular weight excluding hydrogens is 405 g/mol. The Kier molecular flexibility index (Phi) is 4.72. The number of nitrogens with zero attached hydrogens (tertiary/aromatic N) is 4. The van der Waals surface area contributed by atoms with E-state index in [0.29, 0.717) is 17.8 Å². The fourth-order valence-electron chi connectivity index (χ4n) is 5.01. The van der Waals surface area contributed by atoms with Crippen LogP contribution in [0.5, 0.6) is 0 Å². The Morgan fingerprint density at radius 3 is 2.84 bits per heavy atom. The summed E-state index contributed by atoms with van der Waals surface area (Å²) in [6.45, 7) is 2.94. The highest BCUT2D eigenvalue weighted by Crippen LogP contribution is 2.45. The van der Waals surface area contributed by atoms with Crippen molar-refractivity contribution in [2.24, 2.45) is 5.92 Å². The van der Waals surface area contributed by atoms with Gasteiger partial charge in [0, 0.05) is 29.2 Å². The quantitative estimate of drug-likeness (QED) is 0.444. The molecule has 8 heteroatoms. The molecule has 4 aromatic rings. The fraction of sp³-hybridized carbons (Fsp3) is 0.292. The maximum Gasteiger partial charge on any atom is 0.232 e. The first-order valence-corrected chi connectivity index (χ1v) is 11.1. The molecule has 0 saturated carbocycles. The summed E-state index contributed by atoms with van der Waals surface area (Å²) in [7, 11) is 0. The minimum Gasteiger partial charge on any atom is -0.338 e. The van der Waals surface area contributed by atoms with Crippen molar-refractivity contribution < 1.29 is 4.39 Å². The molecule has 0 bridgehead atoms. The van der Waals surface area contributed by atoms with Crippen LogP contribution in [0.25, 0.3) is 10.9 Å². The SMILES string of the molecule is Fc1cnc(N2CC(C3CCNCC3)c3ccccc32)nc1Nc1ccc2[nH]ncc2c1. The molecule has 162 valence electrons. The summed E-state index contributed by atoms with van der Waals surface area (Å²) in [6, 6.07) is 14.2. The van der Waals surface area contributed by atoms with Crippen molar-refractivity contribution in [2.75, 3.05) is 29.9 Å². The summed E-state index contributed by atoms with van der Waals surface area (Å²) in [5.41, 5.74) is 4.13. The zero-order chi connectivity index (χ0) is 21.5.